The van der Waals surface area contributed by atoms with Crippen LogP contribution in [-0.4, -0.2) is 62.4 Å². The monoisotopic (exact) mass is 566 g/mol. The first-order chi connectivity index (χ1) is 19.3. The highest BCUT2D eigenvalue weighted by molar-refractivity contribution is 7.79. The van der Waals surface area contributed by atoms with Gasteiger partial charge in [0.2, 0.25) is 5.91 Å². The number of pyridine rings is 1. The minimum absolute atomic E-state index is 0.00991. The smallest absolute Gasteiger partial charge is 0.264 e. The van der Waals surface area contributed by atoms with Crippen molar-refractivity contribution >= 4 is 34.5 Å². The maximum absolute atomic E-state index is 13.7. The Hall–Kier alpha value is -4.13. The molecule has 2 unspecified atom stereocenters. The molecule has 11 nitrogen and oxygen atoms in total. The van der Waals surface area contributed by atoms with Gasteiger partial charge in [-0.3, -0.25) is 23.5 Å². The molecule has 2 aromatic carbocycles. The quantitative estimate of drug-likeness (QED) is 0.243. The fourth-order valence-electron chi connectivity index (χ4n) is 4.35. The number of nitrogens with one attached hydrogen (secondary N) is 1. The van der Waals surface area contributed by atoms with Crippen LogP contribution in [0.15, 0.2) is 60.7 Å². The van der Waals surface area contributed by atoms with Gasteiger partial charge in [0.15, 0.2) is 5.75 Å². The molecule has 12 heteroatoms. The molecule has 0 bridgehead atoms. The lowest BCUT2D eigenvalue weighted by Gasteiger charge is -2.27. The van der Waals surface area contributed by atoms with Crippen LogP contribution >= 0.6 is 0 Å². The van der Waals surface area contributed by atoms with Crippen LogP contribution in [-0.2, 0) is 27.2 Å². The first-order valence-corrected chi connectivity index (χ1v) is 13.7. The fourth-order valence-corrected chi connectivity index (χ4v) is 4.77. The molecule has 1 aliphatic rings. The topological polar surface area (TPSA) is 147 Å². The molecule has 0 spiro atoms. The van der Waals surface area contributed by atoms with Gasteiger partial charge in [0.25, 0.3) is 17.7 Å². The van der Waals surface area contributed by atoms with Gasteiger partial charge < -0.3 is 24.1 Å². The molecule has 0 saturated carbocycles. The number of amides is 3. The lowest BCUT2D eigenvalue weighted by Crippen LogP contribution is -2.35. The highest BCUT2D eigenvalue weighted by atomic mass is 32.2. The van der Waals surface area contributed by atoms with Gasteiger partial charge in [-0.1, -0.05) is 47.5 Å². The predicted octanol–water partition coefficient (Wildman–Crippen LogP) is 3.25. The molecule has 3 aromatic rings. The van der Waals surface area contributed by atoms with E-state index in [1.165, 1.54) is 19.2 Å². The number of carbonyl (C=O) groups excluding carboxylic acids is 3. The molecule has 1 N–H and O–H groups in total. The van der Waals surface area contributed by atoms with E-state index >= 15 is 0 Å². The molecule has 0 saturated heterocycles. The zero-order valence-corrected chi connectivity index (χ0v) is 22.8. The van der Waals surface area contributed by atoms with E-state index in [0.29, 0.717) is 5.75 Å². The Bertz CT molecular complexity index is 1420. The summed E-state index contributed by atoms with van der Waals surface area (Å²) in [6.45, 7) is 2.01. The lowest BCUT2D eigenvalue weighted by atomic mass is 10.1. The molecule has 0 radical (unpaired) electrons. The molecule has 3 amide bonds. The zero-order valence-electron chi connectivity index (χ0n) is 22.0. The number of carbonyl (C=O) groups is 3. The molecule has 2 atom stereocenters. The molecular formula is C28H28N3O8S-. The molecule has 1 aromatic heterocycles. The molecule has 0 aliphatic carbocycles. The number of nitrogens with zero attached hydrogens (tertiary/aromatic N) is 2. The van der Waals surface area contributed by atoms with Crippen LogP contribution in [0.4, 0.5) is 5.69 Å². The Morgan fingerprint density at radius 1 is 1.07 bits per heavy atom. The van der Waals surface area contributed by atoms with Crippen LogP contribution in [0.3, 0.4) is 0 Å². The Morgan fingerprint density at radius 3 is 2.55 bits per heavy atom. The standard InChI is InChI=1S/C28H29N3O8S/c1-3-39-26-23(37-2)13-12-20(30-26)22(14-15-40(35)36)31-27(33)19-10-7-11-21(25(19)28(31)34)29-24(32)17-38-16-18-8-5-4-6-9-18/h4-13,22H,3,14-17H2,1-2H3,(H,29,32)(H,35,36)/p-1. The molecule has 0 fully saturated rings. The van der Waals surface area contributed by atoms with E-state index in [1.807, 2.05) is 30.3 Å². The molecule has 40 heavy (non-hydrogen) atoms. The number of imide groups is 1. The number of rotatable bonds is 13. The lowest BCUT2D eigenvalue weighted by molar-refractivity contribution is -0.121. The first-order valence-electron chi connectivity index (χ1n) is 12.5. The Morgan fingerprint density at radius 2 is 1.85 bits per heavy atom. The summed E-state index contributed by atoms with van der Waals surface area (Å²) in [5.41, 5.74) is 1.40. The van der Waals surface area contributed by atoms with E-state index in [4.69, 9.17) is 14.2 Å². The van der Waals surface area contributed by atoms with Crippen molar-refractivity contribution in [3.05, 3.63) is 83.0 Å². The Balaban J connectivity index is 1.58. The van der Waals surface area contributed by atoms with Crippen LogP contribution in [0.2, 0.25) is 0 Å². The average Bonchev–Trinajstić information content (AvgIpc) is 3.20. The number of methoxy groups -OCH3 is 1. The van der Waals surface area contributed by atoms with Crippen LogP contribution in [0, 0.1) is 0 Å². The number of anilines is 1. The van der Waals surface area contributed by atoms with Gasteiger partial charge in [0.1, 0.15) is 6.61 Å². The number of hydrogen-bond donors (Lipinski definition) is 1. The van der Waals surface area contributed by atoms with Crippen molar-refractivity contribution in [2.45, 2.75) is 26.0 Å². The van der Waals surface area contributed by atoms with Crippen LogP contribution in [0.1, 0.15) is 51.4 Å². The van der Waals surface area contributed by atoms with Crippen molar-refractivity contribution in [1.82, 2.24) is 9.88 Å². The molecule has 1 aliphatic heterocycles. The number of aromatic nitrogens is 1. The minimum atomic E-state index is -2.43. The van der Waals surface area contributed by atoms with Gasteiger partial charge in [0, 0.05) is 5.75 Å². The number of ether oxygens (including phenoxy) is 3. The summed E-state index contributed by atoms with van der Waals surface area (Å²) in [4.78, 5) is 45.2. The summed E-state index contributed by atoms with van der Waals surface area (Å²) < 4.78 is 39.2. The van der Waals surface area contributed by atoms with Gasteiger partial charge in [-0.2, -0.15) is 0 Å². The second-order valence-electron chi connectivity index (χ2n) is 8.72. The molecular weight excluding hydrogens is 538 g/mol. The fraction of sp³-hybridized carbons (Fsp3) is 0.286. The molecule has 2 heterocycles. The van der Waals surface area contributed by atoms with E-state index in [1.54, 1.807) is 25.1 Å². The highest BCUT2D eigenvalue weighted by Gasteiger charge is 2.42. The summed E-state index contributed by atoms with van der Waals surface area (Å²) in [7, 11) is 1.45. The Labute approximate surface area is 233 Å². The second-order valence-corrected chi connectivity index (χ2v) is 9.74. The van der Waals surface area contributed by atoms with E-state index in [-0.39, 0.29) is 60.4 Å². The summed E-state index contributed by atoms with van der Waals surface area (Å²) >= 11 is -2.43. The number of benzene rings is 2. The van der Waals surface area contributed by atoms with Gasteiger partial charge in [-0.25, -0.2) is 4.98 Å². The third-order valence-corrected chi connectivity index (χ3v) is 6.69. The summed E-state index contributed by atoms with van der Waals surface area (Å²) in [5.74, 6) is -1.64. The van der Waals surface area contributed by atoms with E-state index in [9.17, 15) is 23.1 Å². The number of fused-ring (bicyclic) bond motifs is 1. The predicted molar refractivity (Wildman–Crippen MR) is 145 cm³/mol. The Kier molecular flexibility index (Phi) is 9.59. The SMILES string of the molecule is CCOc1nc(C(CCS(=O)[O-])N2C(=O)c3cccc(NC(=O)COCc4ccccc4)c3C2=O)ccc1OC. The largest absolute Gasteiger partial charge is 0.772 e. The van der Waals surface area contributed by atoms with E-state index in [2.05, 4.69) is 10.3 Å². The van der Waals surface area contributed by atoms with Crippen LogP contribution in [0.5, 0.6) is 11.6 Å². The van der Waals surface area contributed by atoms with Gasteiger partial charge in [-0.05, 0) is 43.2 Å². The highest BCUT2D eigenvalue weighted by Crippen LogP contribution is 2.37. The first kappa shape index (κ1) is 28.9. The normalized spacial score (nSPS) is 14.0. The average molecular weight is 567 g/mol. The third-order valence-electron chi connectivity index (χ3n) is 6.12. The van der Waals surface area contributed by atoms with Gasteiger partial charge in [-0.15, -0.1) is 0 Å². The third kappa shape index (κ3) is 6.53. The van der Waals surface area contributed by atoms with Gasteiger partial charge in [0.05, 0.1) is 48.9 Å². The summed E-state index contributed by atoms with van der Waals surface area (Å²) in [5, 5.41) is 2.66. The summed E-state index contributed by atoms with van der Waals surface area (Å²) in [6.07, 6.45) is -0.0957. The van der Waals surface area contributed by atoms with Gasteiger partial charge >= 0.3 is 0 Å². The van der Waals surface area contributed by atoms with Crippen LogP contribution < -0.4 is 14.8 Å². The van der Waals surface area contributed by atoms with E-state index in [0.717, 1.165) is 10.5 Å². The molecule has 210 valence electrons. The summed E-state index contributed by atoms with van der Waals surface area (Å²) in [6, 6.07) is 16.0. The number of hydrogen-bond acceptors (Lipinski definition) is 9. The zero-order chi connectivity index (χ0) is 28.6. The van der Waals surface area contributed by atoms with Crippen molar-refractivity contribution in [1.29, 1.82) is 0 Å². The van der Waals surface area contributed by atoms with Crippen molar-refractivity contribution in [3.63, 3.8) is 0 Å². The van der Waals surface area contributed by atoms with Crippen LogP contribution in [0.25, 0.3) is 0 Å². The minimum Gasteiger partial charge on any atom is -0.772 e. The van der Waals surface area contributed by atoms with E-state index < -0.39 is 34.8 Å². The van der Waals surface area contributed by atoms with Crippen molar-refractivity contribution < 1.29 is 37.4 Å². The van der Waals surface area contributed by atoms with Crippen molar-refractivity contribution in [3.8, 4) is 11.6 Å². The maximum atomic E-state index is 13.7. The molecule has 4 rings (SSSR count). The van der Waals surface area contributed by atoms with Crippen molar-refractivity contribution in [2.75, 3.05) is 31.4 Å². The maximum Gasteiger partial charge on any atom is 0.264 e. The second kappa shape index (κ2) is 13.3. The van der Waals surface area contributed by atoms with Crippen molar-refractivity contribution in [2.24, 2.45) is 0 Å².